The molecule has 99 heavy (non-hydrogen) atoms. The van der Waals surface area contributed by atoms with Crippen LogP contribution in [0.5, 0.6) is 0 Å². The van der Waals surface area contributed by atoms with Crippen molar-refractivity contribution in [1.82, 2.24) is 0 Å². The van der Waals surface area contributed by atoms with Gasteiger partial charge in [0.25, 0.3) is 0 Å². The van der Waals surface area contributed by atoms with E-state index in [1.165, 1.54) is 96.3 Å². The molecule has 0 aliphatic rings. The SMILES string of the molecule is CC/C=C\C/C=C\C/C=C\C/C=C\C/C=C\C/C=C\CCCCCCC(=O)OCC(COP(=O)(O)OCC(O)COP(=O)(O)OCC(O)COC(=O)CCCCCCCCCCCCCCC/C=C\C/C=C\C/C=C\C/C=C\CCCCC)OC(=O)CCCCCCC/C=C\CCCC. The molecule has 0 heterocycles. The Morgan fingerprint density at radius 3 is 0.889 bits per heavy atom. The third-order valence-corrected chi connectivity index (χ3v) is 17.7. The quantitative estimate of drug-likeness (QED) is 0.0146. The Morgan fingerprint density at radius 1 is 0.293 bits per heavy atom. The summed E-state index contributed by atoms with van der Waals surface area (Å²) in [7, 11) is -9.79. The number of hydrogen-bond acceptors (Lipinski definition) is 14. The highest BCUT2D eigenvalue weighted by Crippen LogP contribution is 2.45. The molecule has 0 spiro atoms. The number of aliphatic hydroxyl groups excluding tert-OH is 2. The number of hydrogen-bond donors (Lipinski definition) is 4. The maximum absolute atomic E-state index is 12.9. The van der Waals surface area contributed by atoms with Gasteiger partial charge in [-0.3, -0.25) is 32.5 Å². The summed E-state index contributed by atoms with van der Waals surface area (Å²) in [5.74, 6) is -1.62. The van der Waals surface area contributed by atoms with Gasteiger partial charge in [-0.2, -0.15) is 0 Å². The molecule has 0 aromatic rings. The van der Waals surface area contributed by atoms with E-state index >= 15 is 0 Å². The van der Waals surface area contributed by atoms with E-state index in [0.717, 1.165) is 148 Å². The summed E-state index contributed by atoms with van der Waals surface area (Å²) in [6.07, 6.45) is 88.0. The minimum atomic E-state index is -4.94. The van der Waals surface area contributed by atoms with Crippen molar-refractivity contribution in [2.24, 2.45) is 0 Å². The topological polar surface area (TPSA) is 231 Å². The molecule has 5 unspecified atom stereocenters. The van der Waals surface area contributed by atoms with Crippen LogP contribution in [0.4, 0.5) is 0 Å². The Kier molecular flexibility index (Phi) is 70.2. The van der Waals surface area contributed by atoms with Crippen molar-refractivity contribution < 1.29 is 75.8 Å². The summed E-state index contributed by atoms with van der Waals surface area (Å²) < 4.78 is 61.0. The van der Waals surface area contributed by atoms with Crippen LogP contribution in [0.25, 0.3) is 0 Å². The number of rotatable bonds is 72. The Morgan fingerprint density at radius 2 is 0.545 bits per heavy atom. The Labute approximate surface area is 601 Å². The third-order valence-electron chi connectivity index (χ3n) is 15.8. The van der Waals surface area contributed by atoms with E-state index in [2.05, 4.69) is 154 Å². The Balaban J connectivity index is 4.48. The highest BCUT2D eigenvalue weighted by molar-refractivity contribution is 7.47. The number of carbonyl (C=O) groups is 3. The first-order chi connectivity index (χ1) is 48.2. The van der Waals surface area contributed by atoms with Crippen molar-refractivity contribution in [2.75, 3.05) is 39.6 Å². The lowest BCUT2D eigenvalue weighted by atomic mass is 10.0. The summed E-state index contributed by atoms with van der Waals surface area (Å²) in [5.41, 5.74) is 0. The fourth-order valence-electron chi connectivity index (χ4n) is 9.95. The largest absolute Gasteiger partial charge is 0.472 e. The second kappa shape index (κ2) is 73.4. The van der Waals surface area contributed by atoms with E-state index < -0.39 is 91.5 Å². The van der Waals surface area contributed by atoms with Gasteiger partial charge in [0, 0.05) is 19.3 Å². The average Bonchev–Trinajstić information content (AvgIpc) is 1.94. The summed E-state index contributed by atoms with van der Waals surface area (Å²) in [4.78, 5) is 58.5. The van der Waals surface area contributed by atoms with Gasteiger partial charge < -0.3 is 34.2 Å². The zero-order chi connectivity index (χ0) is 72.3. The van der Waals surface area contributed by atoms with Crippen LogP contribution < -0.4 is 0 Å². The van der Waals surface area contributed by atoms with Crippen LogP contribution in [0.3, 0.4) is 0 Å². The number of phosphoric acid groups is 2. The molecule has 4 N–H and O–H groups in total. The third kappa shape index (κ3) is 74.7. The van der Waals surface area contributed by atoms with Gasteiger partial charge >= 0.3 is 33.6 Å². The van der Waals surface area contributed by atoms with Crippen LogP contribution in [0.1, 0.15) is 303 Å². The van der Waals surface area contributed by atoms with E-state index in [4.69, 9.17) is 32.3 Å². The number of aliphatic hydroxyl groups is 2. The van der Waals surface area contributed by atoms with Gasteiger partial charge in [-0.25, -0.2) is 9.13 Å². The van der Waals surface area contributed by atoms with Gasteiger partial charge in [0.1, 0.15) is 25.4 Å². The molecule has 18 heteroatoms. The number of carbonyl (C=O) groups excluding carboxylic acids is 3. The molecular formula is C81H138O16P2. The fraction of sp³-hybridized carbons (Fsp3) is 0.691. The predicted octanol–water partition coefficient (Wildman–Crippen LogP) is 22.3. The van der Waals surface area contributed by atoms with Crippen molar-refractivity contribution in [3.05, 3.63) is 134 Å². The maximum Gasteiger partial charge on any atom is 0.472 e. The van der Waals surface area contributed by atoms with Gasteiger partial charge in [0.2, 0.25) is 0 Å². The second-order valence-electron chi connectivity index (χ2n) is 25.4. The predicted molar refractivity (Wildman–Crippen MR) is 408 cm³/mol. The first kappa shape index (κ1) is 94.7. The zero-order valence-corrected chi connectivity index (χ0v) is 63.7. The molecular weight excluding hydrogens is 1290 g/mol. The molecule has 0 aromatic carbocycles. The Bertz CT molecular complexity index is 2330. The van der Waals surface area contributed by atoms with Gasteiger partial charge in [-0.05, 0) is 135 Å². The van der Waals surface area contributed by atoms with Crippen LogP contribution in [0.2, 0.25) is 0 Å². The van der Waals surface area contributed by atoms with Gasteiger partial charge in [-0.1, -0.05) is 283 Å². The lowest BCUT2D eigenvalue weighted by Gasteiger charge is -2.21. The fourth-order valence-corrected chi connectivity index (χ4v) is 11.5. The minimum Gasteiger partial charge on any atom is -0.463 e. The number of ether oxygens (including phenoxy) is 3. The van der Waals surface area contributed by atoms with E-state index in [9.17, 15) is 43.5 Å². The number of phosphoric ester groups is 2. The molecule has 5 atom stereocenters. The molecule has 0 amide bonds. The van der Waals surface area contributed by atoms with Crippen molar-refractivity contribution in [1.29, 1.82) is 0 Å². The number of allylic oxidation sites excluding steroid dienone is 22. The van der Waals surface area contributed by atoms with Crippen LogP contribution in [-0.2, 0) is 55.8 Å². The van der Waals surface area contributed by atoms with Crippen molar-refractivity contribution >= 4 is 33.6 Å². The minimum absolute atomic E-state index is 0.0848. The van der Waals surface area contributed by atoms with Crippen molar-refractivity contribution in [3.8, 4) is 0 Å². The van der Waals surface area contributed by atoms with Gasteiger partial charge in [0.15, 0.2) is 6.10 Å². The number of unbranched alkanes of at least 4 members (excludes halogenated alkanes) is 27. The normalized spacial score (nSPS) is 14.8. The summed E-state index contributed by atoms with van der Waals surface area (Å²) in [6, 6.07) is 0. The monoisotopic (exact) mass is 1430 g/mol. The van der Waals surface area contributed by atoms with Crippen LogP contribution in [0.15, 0.2) is 134 Å². The molecule has 0 aliphatic carbocycles. The molecule has 0 radical (unpaired) electrons. The molecule has 0 bridgehead atoms. The first-order valence-corrected chi connectivity index (χ1v) is 41.5. The van der Waals surface area contributed by atoms with Crippen LogP contribution in [0, 0.1) is 0 Å². The highest BCUT2D eigenvalue weighted by atomic mass is 31.2. The maximum atomic E-state index is 12.9. The molecule has 0 aliphatic heterocycles. The van der Waals surface area contributed by atoms with E-state index in [-0.39, 0.29) is 19.3 Å². The van der Waals surface area contributed by atoms with Crippen molar-refractivity contribution in [2.45, 2.75) is 322 Å². The van der Waals surface area contributed by atoms with Crippen LogP contribution >= 0.6 is 15.6 Å². The summed E-state index contributed by atoms with van der Waals surface area (Å²) >= 11 is 0. The molecule has 16 nitrogen and oxygen atoms in total. The van der Waals surface area contributed by atoms with E-state index in [0.29, 0.717) is 19.3 Å². The average molecular weight is 1430 g/mol. The van der Waals surface area contributed by atoms with Gasteiger partial charge in [-0.15, -0.1) is 0 Å². The molecule has 0 fully saturated rings. The molecule has 568 valence electrons. The van der Waals surface area contributed by atoms with E-state index in [1.807, 2.05) is 0 Å². The lowest BCUT2D eigenvalue weighted by molar-refractivity contribution is -0.161. The molecule has 0 saturated heterocycles. The highest BCUT2D eigenvalue weighted by Gasteiger charge is 2.29. The second-order valence-corrected chi connectivity index (χ2v) is 28.3. The Hall–Kier alpha value is -4.31. The van der Waals surface area contributed by atoms with Gasteiger partial charge in [0.05, 0.1) is 26.4 Å². The summed E-state index contributed by atoms with van der Waals surface area (Å²) in [6.45, 7) is 2.45. The van der Waals surface area contributed by atoms with Crippen LogP contribution in [-0.4, -0.2) is 95.9 Å². The number of esters is 3. The molecule has 0 aromatic heterocycles. The van der Waals surface area contributed by atoms with Crippen molar-refractivity contribution in [3.63, 3.8) is 0 Å². The lowest BCUT2D eigenvalue weighted by Crippen LogP contribution is -2.30. The first-order valence-electron chi connectivity index (χ1n) is 38.5. The molecule has 0 rings (SSSR count). The molecule has 0 saturated carbocycles. The zero-order valence-electron chi connectivity index (χ0n) is 61.9. The standard InChI is InChI=1S/C81H138O16P2/c1-4-7-10-13-16-19-22-24-26-28-30-32-34-35-36-37-38-39-41-43-44-46-48-50-53-55-58-61-64-67-79(84)91-70-76(82)71-93-98(87,88)94-72-77(83)73-95-99(89,90)96-75-78(97-81(86)69-66-63-60-57-52-21-18-15-12-9-6-3)74-92-80(85)68-65-62-59-56-54-51-49-47-45-42-40-33-31-29-27-25-23-20-17-14-11-8-5-2/h8,11,15-20,24-27,30-33,35-36,42,45,49,51,76-78,82-83H,4-7,9-10,12-14,21-23,28-29,34,37-41,43-44,46-48,50,52-75H2,1-3H3,(H,87,88)(H,89,90)/b11-8-,18-15-,19-16-,20-17-,26-24-,27-25-,32-30-,33-31-,36-35-,45-42-,51-49-. The summed E-state index contributed by atoms with van der Waals surface area (Å²) in [5, 5.41) is 20.6. The smallest absolute Gasteiger partial charge is 0.463 e. The van der Waals surface area contributed by atoms with E-state index in [1.54, 1.807) is 0 Å².